The van der Waals surface area contributed by atoms with Crippen molar-refractivity contribution in [3.63, 3.8) is 0 Å². The number of aliphatic hydroxyl groups excluding tert-OH is 1. The monoisotopic (exact) mass is 193 g/mol. The van der Waals surface area contributed by atoms with E-state index in [1.165, 1.54) is 4.31 Å². The first kappa shape index (κ1) is 9.95. The fourth-order valence-electron chi connectivity index (χ4n) is 1.24. The highest BCUT2D eigenvalue weighted by Crippen LogP contribution is 2.25. The van der Waals surface area contributed by atoms with Crippen LogP contribution in [-0.4, -0.2) is 43.3 Å². The van der Waals surface area contributed by atoms with Crippen LogP contribution in [0.2, 0.25) is 0 Å². The molecular formula is C7H15NO3S. The fourth-order valence-corrected chi connectivity index (χ4v) is 2.42. The van der Waals surface area contributed by atoms with Crippen molar-refractivity contribution in [2.75, 3.05) is 19.4 Å². The van der Waals surface area contributed by atoms with Gasteiger partial charge >= 0.3 is 0 Å². The van der Waals surface area contributed by atoms with Crippen LogP contribution in [0, 0.1) is 0 Å². The number of rotatable bonds is 4. The van der Waals surface area contributed by atoms with Gasteiger partial charge in [0.15, 0.2) is 0 Å². The Balaban J connectivity index is 2.54. The molecule has 72 valence electrons. The lowest BCUT2D eigenvalue weighted by atomic mass is 9.94. The Hall–Kier alpha value is -0.130. The maximum atomic E-state index is 11.3. The number of nitrogens with zero attached hydrogens (tertiary/aromatic N) is 1. The Bertz CT molecular complexity index is 233. The van der Waals surface area contributed by atoms with Gasteiger partial charge in [-0.15, -0.1) is 0 Å². The zero-order valence-corrected chi connectivity index (χ0v) is 8.05. The molecule has 0 atom stereocenters. The molecule has 0 radical (unpaired) electrons. The first-order valence-corrected chi connectivity index (χ1v) is 5.75. The predicted octanol–water partition coefficient (Wildman–Crippen LogP) is -0.207. The van der Waals surface area contributed by atoms with Gasteiger partial charge in [-0.05, 0) is 12.8 Å². The highest BCUT2D eigenvalue weighted by molar-refractivity contribution is 7.89. The maximum absolute atomic E-state index is 11.3. The van der Waals surface area contributed by atoms with E-state index in [-0.39, 0.29) is 18.4 Å². The lowest BCUT2D eigenvalue weighted by molar-refractivity contribution is 0.246. The number of hydrogen-bond acceptors (Lipinski definition) is 3. The zero-order valence-electron chi connectivity index (χ0n) is 7.23. The first-order chi connectivity index (χ1) is 5.58. The van der Waals surface area contributed by atoms with E-state index in [2.05, 4.69) is 0 Å². The highest BCUT2D eigenvalue weighted by atomic mass is 32.2. The molecule has 0 aromatic carbocycles. The molecule has 12 heavy (non-hydrogen) atoms. The summed E-state index contributed by atoms with van der Waals surface area (Å²) in [6.45, 7) is -0.292. The molecule has 1 aliphatic carbocycles. The van der Waals surface area contributed by atoms with Gasteiger partial charge in [-0.25, -0.2) is 12.7 Å². The highest BCUT2D eigenvalue weighted by Gasteiger charge is 2.29. The summed E-state index contributed by atoms with van der Waals surface area (Å²) in [7, 11) is -1.60. The summed E-state index contributed by atoms with van der Waals surface area (Å²) in [4.78, 5) is 0. The van der Waals surface area contributed by atoms with E-state index in [0.717, 1.165) is 19.3 Å². The topological polar surface area (TPSA) is 57.6 Å². The third-order valence-corrected chi connectivity index (χ3v) is 4.25. The van der Waals surface area contributed by atoms with E-state index in [4.69, 9.17) is 5.11 Å². The Morgan fingerprint density at radius 1 is 1.50 bits per heavy atom. The van der Waals surface area contributed by atoms with Crippen molar-refractivity contribution in [2.24, 2.45) is 0 Å². The average Bonchev–Trinajstić information content (AvgIpc) is 1.83. The number of sulfonamides is 1. The normalized spacial score (nSPS) is 19.6. The van der Waals surface area contributed by atoms with Gasteiger partial charge < -0.3 is 5.11 Å². The molecular weight excluding hydrogens is 178 g/mol. The number of aliphatic hydroxyl groups is 1. The molecule has 0 heterocycles. The zero-order chi connectivity index (χ0) is 9.19. The van der Waals surface area contributed by atoms with Crippen molar-refractivity contribution < 1.29 is 13.5 Å². The molecule has 0 bridgehead atoms. The molecule has 1 rings (SSSR count). The summed E-state index contributed by atoms with van der Waals surface area (Å²) in [6, 6.07) is 0.182. The lowest BCUT2D eigenvalue weighted by Crippen LogP contribution is -2.42. The smallest absolute Gasteiger partial charge is 0.216 e. The molecule has 1 saturated carbocycles. The second kappa shape index (κ2) is 3.72. The van der Waals surface area contributed by atoms with Crippen LogP contribution in [0.1, 0.15) is 19.3 Å². The lowest BCUT2D eigenvalue weighted by Gasteiger charge is -2.33. The molecule has 5 heteroatoms. The molecule has 0 aromatic rings. The molecule has 0 amide bonds. The quantitative estimate of drug-likeness (QED) is 0.672. The molecule has 1 N–H and O–H groups in total. The SMILES string of the molecule is CN(C1CCC1)S(=O)(=O)CCO. The Labute approximate surface area is 73.2 Å². The summed E-state index contributed by atoms with van der Waals surface area (Å²) < 4.78 is 24.1. The van der Waals surface area contributed by atoms with Gasteiger partial charge in [-0.2, -0.15) is 0 Å². The van der Waals surface area contributed by atoms with Crippen molar-refractivity contribution in [1.82, 2.24) is 4.31 Å². The second-order valence-corrected chi connectivity index (χ2v) is 5.29. The summed E-state index contributed by atoms with van der Waals surface area (Å²) in [5, 5.41) is 8.52. The van der Waals surface area contributed by atoms with Crippen molar-refractivity contribution in [2.45, 2.75) is 25.3 Å². The molecule has 1 fully saturated rings. The van der Waals surface area contributed by atoms with E-state index in [1.807, 2.05) is 0 Å². The molecule has 1 aliphatic rings. The standard InChI is InChI=1S/C7H15NO3S/c1-8(7-3-2-4-7)12(10,11)6-5-9/h7,9H,2-6H2,1H3. The van der Waals surface area contributed by atoms with Crippen LogP contribution in [0.4, 0.5) is 0 Å². The third-order valence-electron chi connectivity index (χ3n) is 2.38. The summed E-state index contributed by atoms with van der Waals surface area (Å²) in [5.41, 5.74) is 0. The summed E-state index contributed by atoms with van der Waals surface area (Å²) >= 11 is 0. The van der Waals surface area contributed by atoms with E-state index in [0.29, 0.717) is 0 Å². The molecule has 0 aliphatic heterocycles. The van der Waals surface area contributed by atoms with Gasteiger partial charge in [0.25, 0.3) is 0 Å². The van der Waals surface area contributed by atoms with E-state index in [9.17, 15) is 8.42 Å². The van der Waals surface area contributed by atoms with Gasteiger partial charge in [0, 0.05) is 13.1 Å². The van der Waals surface area contributed by atoms with Crippen molar-refractivity contribution in [3.8, 4) is 0 Å². The minimum Gasteiger partial charge on any atom is -0.395 e. The van der Waals surface area contributed by atoms with Gasteiger partial charge in [-0.1, -0.05) is 6.42 Å². The van der Waals surface area contributed by atoms with Crippen molar-refractivity contribution in [1.29, 1.82) is 0 Å². The van der Waals surface area contributed by atoms with Crippen LogP contribution in [0.25, 0.3) is 0 Å². The molecule has 0 aromatic heterocycles. The Kier molecular flexibility index (Phi) is 3.09. The molecule has 0 spiro atoms. The molecule has 0 unspecified atom stereocenters. The number of hydrogen-bond donors (Lipinski definition) is 1. The summed E-state index contributed by atoms with van der Waals surface area (Å²) in [5.74, 6) is -0.153. The van der Waals surface area contributed by atoms with Crippen molar-refractivity contribution >= 4 is 10.0 Å². The van der Waals surface area contributed by atoms with Gasteiger partial charge in [0.05, 0.1) is 12.4 Å². The minimum absolute atomic E-state index is 0.153. The Morgan fingerprint density at radius 3 is 2.42 bits per heavy atom. The minimum atomic E-state index is -3.19. The van der Waals surface area contributed by atoms with Crippen LogP contribution in [0.3, 0.4) is 0 Å². The van der Waals surface area contributed by atoms with E-state index in [1.54, 1.807) is 7.05 Å². The van der Waals surface area contributed by atoms with Crippen molar-refractivity contribution in [3.05, 3.63) is 0 Å². The van der Waals surface area contributed by atoms with Crippen LogP contribution in [0.15, 0.2) is 0 Å². The predicted molar refractivity (Wildman–Crippen MR) is 46.3 cm³/mol. The summed E-state index contributed by atoms with van der Waals surface area (Å²) in [6.07, 6.45) is 3.03. The first-order valence-electron chi connectivity index (χ1n) is 4.14. The van der Waals surface area contributed by atoms with Crippen LogP contribution in [-0.2, 0) is 10.0 Å². The maximum Gasteiger partial charge on any atom is 0.216 e. The van der Waals surface area contributed by atoms with Gasteiger partial charge in [-0.3, -0.25) is 0 Å². The van der Waals surface area contributed by atoms with Gasteiger partial charge in [0.2, 0.25) is 10.0 Å². The fraction of sp³-hybridized carbons (Fsp3) is 1.00. The van der Waals surface area contributed by atoms with Crippen LogP contribution in [0.5, 0.6) is 0 Å². The third kappa shape index (κ3) is 1.97. The van der Waals surface area contributed by atoms with Crippen LogP contribution >= 0.6 is 0 Å². The average molecular weight is 193 g/mol. The van der Waals surface area contributed by atoms with Crippen LogP contribution < -0.4 is 0 Å². The van der Waals surface area contributed by atoms with E-state index < -0.39 is 10.0 Å². The largest absolute Gasteiger partial charge is 0.395 e. The molecule has 4 nitrogen and oxygen atoms in total. The second-order valence-electron chi connectivity index (χ2n) is 3.14. The Morgan fingerprint density at radius 2 is 2.08 bits per heavy atom. The van der Waals surface area contributed by atoms with E-state index >= 15 is 0 Å². The van der Waals surface area contributed by atoms with Gasteiger partial charge in [0.1, 0.15) is 0 Å². The molecule has 0 saturated heterocycles.